The van der Waals surface area contributed by atoms with Gasteiger partial charge in [-0.2, -0.15) is 49.2 Å². The van der Waals surface area contributed by atoms with Gasteiger partial charge in [-0.05, 0) is 0 Å². The van der Waals surface area contributed by atoms with Crippen molar-refractivity contribution < 1.29 is 43.3 Å². The zero-order chi connectivity index (χ0) is 25.5. The first kappa shape index (κ1) is 38.1. The predicted octanol–water partition coefficient (Wildman–Crippen LogP) is 10.0. The molecule has 2 nitrogen and oxygen atoms in total. The van der Waals surface area contributed by atoms with Crippen molar-refractivity contribution >= 4 is 16.5 Å². The molecule has 2 saturated carbocycles. The van der Waals surface area contributed by atoms with Gasteiger partial charge in [0, 0.05) is 0 Å². The molecule has 2 fully saturated rings. The van der Waals surface area contributed by atoms with E-state index in [0.717, 1.165) is 23.2 Å². The maximum Gasteiger partial charge on any atom is 4.00 e. The summed E-state index contributed by atoms with van der Waals surface area (Å²) in [5.74, 6) is 0. The molecule has 4 rings (SSSR count). The minimum atomic E-state index is -1.10. The molecule has 198 valence electrons. The molecule has 2 aromatic carbocycles. The first-order valence-corrected chi connectivity index (χ1v) is 20.0. The maximum absolute atomic E-state index is 4.85. The van der Waals surface area contributed by atoms with Crippen LogP contribution in [0.15, 0.2) is 60.7 Å². The van der Waals surface area contributed by atoms with Crippen LogP contribution >= 0.6 is 0 Å². The van der Waals surface area contributed by atoms with Crippen LogP contribution in [0.1, 0.15) is 62.5 Å². The van der Waals surface area contributed by atoms with Gasteiger partial charge in [0.05, 0.1) is 0 Å². The van der Waals surface area contributed by atoms with Crippen LogP contribution in [-0.4, -0.2) is 28.6 Å². The van der Waals surface area contributed by atoms with Crippen molar-refractivity contribution in [2.75, 3.05) is 0 Å². The number of rotatable bonds is 4. The second-order valence-electron chi connectivity index (χ2n) is 11.4. The van der Waals surface area contributed by atoms with Crippen molar-refractivity contribution in [3.05, 3.63) is 95.6 Å². The Kier molecular flexibility index (Phi) is 22.1. The van der Waals surface area contributed by atoms with E-state index in [9.17, 15) is 0 Å². The second-order valence-corrected chi connectivity index (χ2v) is 20.6. The molecule has 0 aromatic heterocycles. The summed E-state index contributed by atoms with van der Waals surface area (Å²) in [5, 5.41) is 0. The molecule has 36 heavy (non-hydrogen) atoms. The molecule has 2 aliphatic rings. The molecule has 0 N–H and O–H groups in total. The van der Waals surface area contributed by atoms with Crippen LogP contribution in [0.3, 0.4) is 0 Å². The zero-order valence-corrected chi connectivity index (χ0v) is 29.3. The monoisotopic (exact) mass is 640 g/mol. The molecule has 0 radical (unpaired) electrons. The summed E-state index contributed by atoms with van der Waals surface area (Å²) in [6.07, 6.45) is 11.1. The third-order valence-corrected chi connectivity index (χ3v) is 7.75. The normalized spacial score (nSPS) is 15.5. The van der Waals surface area contributed by atoms with Crippen molar-refractivity contribution in [1.29, 1.82) is 0 Å². The van der Waals surface area contributed by atoms with Crippen molar-refractivity contribution in [2.24, 2.45) is 0 Å². The molecule has 2 aliphatic carbocycles. The van der Waals surface area contributed by atoms with Crippen LogP contribution in [-0.2, 0) is 43.3 Å². The topological polar surface area (TPSA) is 28.2 Å². The molecular weight excluding hydrogens is 592 g/mol. The standard InChI is InChI=1S/2C8H18NSi.2C7H7.Fe.Zr/c2*1-10(2,3)9-8-6-4-5-7-8;2*1-7-5-3-2-4-6-7;;/h2*8H,4-7H2,1-3H3;2*2-6H,1H2;;/q4*-1;+2;+4. The summed E-state index contributed by atoms with van der Waals surface area (Å²) in [7, 11) is -2.19. The molecule has 0 bridgehead atoms. The van der Waals surface area contributed by atoms with Gasteiger partial charge in [0.15, 0.2) is 0 Å². The smallest absolute Gasteiger partial charge is 0.662 e. The van der Waals surface area contributed by atoms with E-state index in [1.165, 1.54) is 51.4 Å². The number of benzene rings is 2. The number of hydrogen-bond acceptors (Lipinski definition) is 0. The summed E-state index contributed by atoms with van der Waals surface area (Å²) in [4.78, 5) is 9.69. The SMILES string of the molecule is C[Si](C)(C)[N-]C1CCCC1.C[Si](C)(C)[N-]C1CCCC1.[CH2-]c1ccccc1.[CH2-]c1ccccc1.[Fe+2].[Zr+4]. The van der Waals surface area contributed by atoms with E-state index in [4.69, 9.17) is 9.96 Å². The largest absolute Gasteiger partial charge is 4.00 e. The molecule has 0 saturated heterocycles. The van der Waals surface area contributed by atoms with Gasteiger partial charge in [-0.1, -0.05) is 119 Å². The van der Waals surface area contributed by atoms with Gasteiger partial charge < -0.3 is 9.96 Å². The molecule has 2 aromatic rings. The van der Waals surface area contributed by atoms with Crippen LogP contribution in [0.25, 0.3) is 9.96 Å². The van der Waals surface area contributed by atoms with Gasteiger partial charge in [-0.25, -0.2) is 0 Å². The summed E-state index contributed by atoms with van der Waals surface area (Å²) < 4.78 is 0. The Morgan fingerprint density at radius 1 is 0.556 bits per heavy atom. The van der Waals surface area contributed by atoms with Gasteiger partial charge in [-0.3, -0.25) is 0 Å². The number of nitrogens with zero attached hydrogens (tertiary/aromatic N) is 2. The summed E-state index contributed by atoms with van der Waals surface area (Å²) in [6, 6.07) is 21.2. The maximum atomic E-state index is 4.85. The molecule has 0 heterocycles. The number of hydrogen-bond donors (Lipinski definition) is 0. The molecule has 0 unspecified atom stereocenters. The molecule has 0 atom stereocenters. The van der Waals surface area contributed by atoms with E-state index in [0.29, 0.717) is 0 Å². The Morgan fingerprint density at radius 3 is 0.972 bits per heavy atom. The van der Waals surface area contributed by atoms with E-state index < -0.39 is 16.5 Å². The van der Waals surface area contributed by atoms with Crippen molar-refractivity contribution in [1.82, 2.24) is 0 Å². The molecule has 0 amide bonds. The van der Waals surface area contributed by atoms with Gasteiger partial charge in [0.2, 0.25) is 0 Å². The fourth-order valence-electron chi connectivity index (χ4n) is 4.12. The summed E-state index contributed by atoms with van der Waals surface area (Å²) in [5.41, 5.74) is 2.14. The molecule has 6 heteroatoms. The van der Waals surface area contributed by atoms with Crippen LogP contribution in [0.5, 0.6) is 0 Å². The first-order chi connectivity index (χ1) is 15.9. The van der Waals surface area contributed by atoms with E-state index in [1.807, 2.05) is 60.7 Å². The summed E-state index contributed by atoms with van der Waals surface area (Å²) >= 11 is 0. The summed E-state index contributed by atoms with van der Waals surface area (Å²) in [6.45, 7) is 21.4. The predicted molar refractivity (Wildman–Crippen MR) is 160 cm³/mol. The average Bonchev–Trinajstić information content (AvgIpc) is 3.43. The minimum absolute atomic E-state index is 0. The fourth-order valence-corrected chi connectivity index (χ4v) is 6.83. The average molecular weight is 642 g/mol. The fraction of sp³-hybridized carbons (Fsp3) is 0.533. The van der Waals surface area contributed by atoms with E-state index >= 15 is 0 Å². The Morgan fingerprint density at radius 2 is 0.806 bits per heavy atom. The second kappa shape index (κ2) is 20.8. The third-order valence-electron chi connectivity index (χ3n) is 5.47. The van der Waals surface area contributed by atoms with Crippen LogP contribution < -0.4 is 0 Å². The molecule has 0 spiro atoms. The Balaban J connectivity index is 0. The van der Waals surface area contributed by atoms with Gasteiger partial charge in [0.25, 0.3) is 0 Å². The van der Waals surface area contributed by atoms with E-state index in [-0.39, 0.29) is 43.3 Å². The van der Waals surface area contributed by atoms with E-state index in [1.54, 1.807) is 0 Å². The van der Waals surface area contributed by atoms with Crippen LogP contribution in [0.2, 0.25) is 39.3 Å². The Bertz CT molecular complexity index is 672. The van der Waals surface area contributed by atoms with Gasteiger partial charge in [0.1, 0.15) is 0 Å². The zero-order valence-electron chi connectivity index (χ0n) is 23.7. The molecule has 0 aliphatic heterocycles. The Hall–Kier alpha value is -0.0636. The van der Waals surface area contributed by atoms with Crippen molar-refractivity contribution in [3.63, 3.8) is 0 Å². The van der Waals surface area contributed by atoms with Crippen molar-refractivity contribution in [2.45, 2.75) is 103 Å². The first-order valence-electron chi connectivity index (χ1n) is 13.1. The third kappa shape index (κ3) is 23.1. The molecular formula is C30H50FeN2Si2Zr+2. The van der Waals surface area contributed by atoms with Gasteiger partial charge in [-0.15, -0.1) is 36.3 Å². The van der Waals surface area contributed by atoms with Crippen LogP contribution in [0.4, 0.5) is 0 Å². The Labute approximate surface area is 256 Å². The van der Waals surface area contributed by atoms with Gasteiger partial charge >= 0.3 is 43.3 Å². The minimum Gasteiger partial charge on any atom is -0.662 e. The quantitative estimate of drug-likeness (QED) is 0.235. The van der Waals surface area contributed by atoms with Crippen LogP contribution in [0, 0.1) is 13.8 Å². The van der Waals surface area contributed by atoms with E-state index in [2.05, 4.69) is 53.1 Å². The van der Waals surface area contributed by atoms with Crippen molar-refractivity contribution in [3.8, 4) is 0 Å².